The molecule has 0 spiro atoms. The highest BCUT2D eigenvalue weighted by Crippen LogP contribution is 2.13. The van der Waals surface area contributed by atoms with Crippen LogP contribution < -0.4 is 5.56 Å². The summed E-state index contributed by atoms with van der Waals surface area (Å²) < 4.78 is 35.7. The lowest BCUT2D eigenvalue weighted by Gasteiger charge is -1.96. The molecule has 5 heteroatoms. The molecule has 2 nitrogen and oxygen atoms in total. The molecule has 1 N–H and O–H groups in total. The maximum absolute atomic E-state index is 12.2. The van der Waals surface area contributed by atoms with Crippen molar-refractivity contribution in [3.63, 3.8) is 0 Å². The highest BCUT2D eigenvalue weighted by Gasteiger charge is 2.08. The SMILES string of the molecule is O=c1[nH]c(C(F)F)ccc1F. The molecule has 0 saturated carbocycles. The summed E-state index contributed by atoms with van der Waals surface area (Å²) in [6.45, 7) is 0. The molecule has 1 aromatic heterocycles. The first kappa shape index (κ1) is 7.84. The number of pyridine rings is 1. The van der Waals surface area contributed by atoms with Crippen molar-refractivity contribution in [2.45, 2.75) is 6.43 Å². The fourth-order valence-electron chi connectivity index (χ4n) is 0.598. The van der Waals surface area contributed by atoms with Crippen LogP contribution in [0.25, 0.3) is 0 Å². The van der Waals surface area contributed by atoms with E-state index in [2.05, 4.69) is 0 Å². The number of hydrogen-bond acceptors (Lipinski definition) is 1. The van der Waals surface area contributed by atoms with Gasteiger partial charge in [-0.1, -0.05) is 0 Å². The molecule has 0 aromatic carbocycles. The predicted octanol–water partition coefficient (Wildman–Crippen LogP) is 1.45. The van der Waals surface area contributed by atoms with E-state index in [-0.39, 0.29) is 0 Å². The van der Waals surface area contributed by atoms with Crippen LogP contribution in [0.4, 0.5) is 13.2 Å². The van der Waals surface area contributed by atoms with Gasteiger partial charge in [-0.05, 0) is 12.1 Å². The number of aromatic nitrogens is 1. The van der Waals surface area contributed by atoms with Gasteiger partial charge in [-0.15, -0.1) is 0 Å². The zero-order valence-corrected chi connectivity index (χ0v) is 5.27. The Balaban J connectivity index is 3.16. The lowest BCUT2D eigenvalue weighted by Crippen LogP contribution is -2.12. The van der Waals surface area contributed by atoms with Crippen molar-refractivity contribution in [2.75, 3.05) is 0 Å². The van der Waals surface area contributed by atoms with Crippen LogP contribution in [0.1, 0.15) is 12.1 Å². The fourth-order valence-corrected chi connectivity index (χ4v) is 0.598. The van der Waals surface area contributed by atoms with Crippen molar-refractivity contribution < 1.29 is 13.2 Å². The average Bonchev–Trinajstić information content (AvgIpc) is 1.94. The maximum Gasteiger partial charge on any atom is 0.284 e. The second-order valence-electron chi connectivity index (χ2n) is 1.89. The topological polar surface area (TPSA) is 32.9 Å². The Kier molecular flexibility index (Phi) is 1.98. The van der Waals surface area contributed by atoms with Gasteiger partial charge in [0, 0.05) is 0 Å². The van der Waals surface area contributed by atoms with Gasteiger partial charge >= 0.3 is 0 Å². The first-order valence-corrected chi connectivity index (χ1v) is 2.78. The van der Waals surface area contributed by atoms with Crippen LogP contribution in [0.15, 0.2) is 16.9 Å². The highest BCUT2D eigenvalue weighted by atomic mass is 19.3. The van der Waals surface area contributed by atoms with E-state index in [1.807, 2.05) is 0 Å². The van der Waals surface area contributed by atoms with Gasteiger partial charge in [-0.25, -0.2) is 13.2 Å². The predicted molar refractivity (Wildman–Crippen MR) is 32.0 cm³/mol. The molecule has 0 radical (unpaired) electrons. The maximum atomic E-state index is 12.2. The van der Waals surface area contributed by atoms with E-state index < -0.39 is 23.5 Å². The van der Waals surface area contributed by atoms with Crippen LogP contribution in [-0.2, 0) is 0 Å². The number of nitrogens with one attached hydrogen (secondary N) is 1. The summed E-state index contributed by atoms with van der Waals surface area (Å²) in [6, 6.07) is 1.54. The third-order valence-electron chi connectivity index (χ3n) is 1.12. The van der Waals surface area contributed by atoms with Crippen LogP contribution in [-0.4, -0.2) is 4.98 Å². The summed E-state index contributed by atoms with van der Waals surface area (Å²) in [6.07, 6.45) is -2.77. The molecular weight excluding hydrogens is 159 g/mol. The van der Waals surface area contributed by atoms with E-state index in [0.29, 0.717) is 6.07 Å². The number of alkyl halides is 2. The molecule has 1 heterocycles. The molecule has 0 amide bonds. The van der Waals surface area contributed by atoms with Crippen LogP contribution >= 0.6 is 0 Å². The van der Waals surface area contributed by atoms with Gasteiger partial charge in [0.25, 0.3) is 12.0 Å². The summed E-state index contributed by atoms with van der Waals surface area (Å²) in [4.78, 5) is 12.1. The monoisotopic (exact) mass is 163 g/mol. The molecule has 0 aliphatic rings. The molecule has 0 bridgehead atoms. The molecule has 0 saturated heterocycles. The zero-order chi connectivity index (χ0) is 8.43. The minimum Gasteiger partial charge on any atom is -0.319 e. The van der Waals surface area contributed by atoms with E-state index in [1.165, 1.54) is 0 Å². The second kappa shape index (κ2) is 2.77. The highest BCUT2D eigenvalue weighted by molar-refractivity contribution is 5.06. The fraction of sp³-hybridized carbons (Fsp3) is 0.167. The zero-order valence-electron chi connectivity index (χ0n) is 5.27. The summed E-state index contributed by atoms with van der Waals surface area (Å²) in [5.74, 6) is -1.06. The number of halogens is 3. The summed E-state index contributed by atoms with van der Waals surface area (Å²) in [7, 11) is 0. The standard InChI is InChI=1S/C6H4F3NO/c7-3-1-2-4(5(8)9)10-6(3)11/h1-2,5H,(H,10,11). The lowest BCUT2D eigenvalue weighted by atomic mass is 10.3. The van der Waals surface area contributed by atoms with Crippen molar-refractivity contribution in [1.82, 2.24) is 4.98 Å². The van der Waals surface area contributed by atoms with Crippen LogP contribution in [0, 0.1) is 5.82 Å². The molecular formula is C6H4F3NO. The van der Waals surface area contributed by atoms with E-state index in [0.717, 1.165) is 6.07 Å². The normalized spacial score (nSPS) is 10.5. The summed E-state index contributed by atoms with van der Waals surface area (Å²) in [5.41, 5.74) is -1.70. The van der Waals surface area contributed by atoms with Gasteiger partial charge in [-0.2, -0.15) is 0 Å². The number of hydrogen-bond donors (Lipinski definition) is 1. The molecule has 0 atom stereocenters. The van der Waals surface area contributed by atoms with Gasteiger partial charge in [0.1, 0.15) is 0 Å². The van der Waals surface area contributed by atoms with Crippen LogP contribution in [0.2, 0.25) is 0 Å². The molecule has 1 rings (SSSR count). The smallest absolute Gasteiger partial charge is 0.284 e. The minimum atomic E-state index is -2.77. The Morgan fingerprint density at radius 3 is 2.45 bits per heavy atom. The Morgan fingerprint density at radius 2 is 2.00 bits per heavy atom. The van der Waals surface area contributed by atoms with Crippen LogP contribution in [0.5, 0.6) is 0 Å². The number of rotatable bonds is 1. The Morgan fingerprint density at radius 1 is 1.36 bits per heavy atom. The van der Waals surface area contributed by atoms with Crippen molar-refractivity contribution >= 4 is 0 Å². The molecule has 0 aliphatic carbocycles. The van der Waals surface area contributed by atoms with Gasteiger partial charge in [0.15, 0.2) is 5.82 Å². The third-order valence-corrected chi connectivity index (χ3v) is 1.12. The Bertz CT molecular complexity index is 307. The summed E-state index contributed by atoms with van der Waals surface area (Å²) in [5, 5.41) is 0. The first-order chi connectivity index (χ1) is 5.11. The van der Waals surface area contributed by atoms with Gasteiger partial charge in [0.05, 0.1) is 5.69 Å². The number of H-pyrrole nitrogens is 1. The molecule has 11 heavy (non-hydrogen) atoms. The van der Waals surface area contributed by atoms with E-state index in [1.54, 1.807) is 4.98 Å². The Labute approximate surface area is 59.7 Å². The molecule has 0 aliphatic heterocycles. The summed E-state index contributed by atoms with van der Waals surface area (Å²) >= 11 is 0. The molecule has 0 fully saturated rings. The van der Waals surface area contributed by atoms with E-state index in [9.17, 15) is 18.0 Å². The van der Waals surface area contributed by atoms with Crippen LogP contribution in [0.3, 0.4) is 0 Å². The van der Waals surface area contributed by atoms with E-state index >= 15 is 0 Å². The van der Waals surface area contributed by atoms with Gasteiger partial charge in [-0.3, -0.25) is 4.79 Å². The van der Waals surface area contributed by atoms with Crippen molar-refractivity contribution in [3.05, 3.63) is 34.0 Å². The van der Waals surface area contributed by atoms with Gasteiger partial charge < -0.3 is 4.98 Å². The first-order valence-electron chi connectivity index (χ1n) is 2.78. The molecule has 0 unspecified atom stereocenters. The lowest BCUT2D eigenvalue weighted by molar-refractivity contribution is 0.145. The quantitative estimate of drug-likeness (QED) is 0.667. The Hall–Kier alpha value is -1.26. The largest absolute Gasteiger partial charge is 0.319 e. The molecule has 1 aromatic rings. The average molecular weight is 163 g/mol. The van der Waals surface area contributed by atoms with Crippen molar-refractivity contribution in [1.29, 1.82) is 0 Å². The number of aromatic amines is 1. The minimum absolute atomic E-state index is 0.573. The third kappa shape index (κ3) is 1.60. The van der Waals surface area contributed by atoms with Crippen molar-refractivity contribution in [3.8, 4) is 0 Å². The van der Waals surface area contributed by atoms with Gasteiger partial charge in [0.2, 0.25) is 0 Å². The van der Waals surface area contributed by atoms with Crippen molar-refractivity contribution in [2.24, 2.45) is 0 Å². The molecule has 60 valence electrons. The van der Waals surface area contributed by atoms with E-state index in [4.69, 9.17) is 0 Å². The second-order valence-corrected chi connectivity index (χ2v) is 1.89.